The second-order valence-corrected chi connectivity index (χ2v) is 9.20. The van der Waals surface area contributed by atoms with E-state index < -0.39 is 9.84 Å². The fraction of sp³-hybridized carbons (Fsp3) is 0.750. The van der Waals surface area contributed by atoms with Crippen LogP contribution in [-0.4, -0.2) is 72.1 Å². The Kier molecular flexibility index (Phi) is 5.24. The number of aromatic nitrogens is 2. The van der Waals surface area contributed by atoms with E-state index in [-0.39, 0.29) is 24.1 Å². The molecule has 8 heteroatoms. The first-order chi connectivity index (χ1) is 11.4. The van der Waals surface area contributed by atoms with Crippen LogP contribution in [0.15, 0.2) is 12.3 Å². The van der Waals surface area contributed by atoms with Crippen molar-refractivity contribution in [1.29, 1.82) is 0 Å². The van der Waals surface area contributed by atoms with E-state index in [9.17, 15) is 13.2 Å². The molecule has 0 radical (unpaired) electrons. The highest BCUT2D eigenvalue weighted by atomic mass is 32.2. The Hall–Kier alpha value is -1.41. The molecule has 1 fully saturated rings. The van der Waals surface area contributed by atoms with Crippen molar-refractivity contribution in [3.05, 3.63) is 18.0 Å². The van der Waals surface area contributed by atoms with Crippen LogP contribution in [0.3, 0.4) is 0 Å². The van der Waals surface area contributed by atoms with Gasteiger partial charge in [0.2, 0.25) is 5.91 Å². The summed E-state index contributed by atoms with van der Waals surface area (Å²) >= 11 is 0. The van der Waals surface area contributed by atoms with E-state index in [2.05, 4.69) is 10.00 Å². The van der Waals surface area contributed by atoms with Gasteiger partial charge in [0.25, 0.3) is 0 Å². The van der Waals surface area contributed by atoms with Gasteiger partial charge in [0.15, 0.2) is 0 Å². The van der Waals surface area contributed by atoms with Crippen molar-refractivity contribution in [2.75, 3.05) is 38.2 Å². The fourth-order valence-corrected chi connectivity index (χ4v) is 4.13. The second-order valence-electron chi connectivity index (χ2n) is 6.94. The van der Waals surface area contributed by atoms with Crippen molar-refractivity contribution in [3.8, 4) is 0 Å². The predicted molar refractivity (Wildman–Crippen MR) is 91.3 cm³/mol. The lowest BCUT2D eigenvalue weighted by atomic mass is 10.1. The maximum atomic E-state index is 12.4. The molecule has 1 unspecified atom stereocenters. The zero-order valence-electron chi connectivity index (χ0n) is 14.2. The van der Waals surface area contributed by atoms with Gasteiger partial charge >= 0.3 is 0 Å². The molecule has 1 aromatic rings. The number of hydrogen-bond acceptors (Lipinski definition) is 5. The van der Waals surface area contributed by atoms with Crippen molar-refractivity contribution in [3.63, 3.8) is 0 Å². The normalized spacial score (nSPS) is 22.4. The van der Waals surface area contributed by atoms with Crippen LogP contribution >= 0.6 is 0 Å². The zero-order valence-corrected chi connectivity index (χ0v) is 15.0. The molecule has 0 spiro atoms. The van der Waals surface area contributed by atoms with Crippen LogP contribution in [0, 0.1) is 0 Å². The average Bonchev–Trinajstić information content (AvgIpc) is 3.01. The molecule has 1 amide bonds. The Labute approximate surface area is 143 Å². The van der Waals surface area contributed by atoms with E-state index in [1.165, 1.54) is 25.5 Å². The van der Waals surface area contributed by atoms with Gasteiger partial charge < -0.3 is 9.80 Å². The smallest absolute Gasteiger partial charge is 0.224 e. The van der Waals surface area contributed by atoms with Gasteiger partial charge in [0, 0.05) is 32.0 Å². The minimum Gasteiger partial charge on any atom is -0.335 e. The van der Waals surface area contributed by atoms with Gasteiger partial charge in [0.05, 0.1) is 24.0 Å². The molecule has 0 aromatic carbocycles. The molecule has 7 nitrogen and oxygen atoms in total. The van der Waals surface area contributed by atoms with Crippen molar-refractivity contribution in [2.45, 2.75) is 38.3 Å². The second kappa shape index (κ2) is 7.23. The highest BCUT2D eigenvalue weighted by molar-refractivity contribution is 7.90. The first-order valence-corrected chi connectivity index (χ1v) is 10.7. The minimum atomic E-state index is -3.12. The molecule has 2 aliphatic heterocycles. The Balaban J connectivity index is 1.67. The highest BCUT2D eigenvalue weighted by Gasteiger charge is 2.30. The molecular formula is C16H26N4O3S. The number of piperidine rings is 1. The summed E-state index contributed by atoms with van der Waals surface area (Å²) in [6, 6.07) is 2.09. The number of fused-ring (bicyclic) bond motifs is 1. The van der Waals surface area contributed by atoms with E-state index >= 15 is 0 Å². The van der Waals surface area contributed by atoms with Crippen molar-refractivity contribution < 1.29 is 13.2 Å². The minimum absolute atomic E-state index is 0.0589. The van der Waals surface area contributed by atoms with Crippen molar-refractivity contribution in [1.82, 2.24) is 19.6 Å². The van der Waals surface area contributed by atoms with E-state index in [4.69, 9.17) is 0 Å². The Morgan fingerprint density at radius 2 is 2.04 bits per heavy atom. The quantitative estimate of drug-likeness (QED) is 0.778. The van der Waals surface area contributed by atoms with Gasteiger partial charge in [-0.3, -0.25) is 9.48 Å². The SMILES string of the molecule is CS(=O)(=O)CCC(=O)N1Cc2ccnn2C(CN2CCCCC2)C1. The van der Waals surface area contributed by atoms with Crippen LogP contribution in [0.4, 0.5) is 0 Å². The molecule has 1 atom stereocenters. The molecule has 0 bridgehead atoms. The van der Waals surface area contributed by atoms with Crippen LogP contribution in [0.2, 0.25) is 0 Å². The van der Waals surface area contributed by atoms with Gasteiger partial charge in [0.1, 0.15) is 9.84 Å². The van der Waals surface area contributed by atoms with Crippen LogP contribution in [-0.2, 0) is 21.2 Å². The number of carbonyl (C=O) groups is 1. The summed E-state index contributed by atoms with van der Waals surface area (Å²) in [7, 11) is -3.12. The summed E-state index contributed by atoms with van der Waals surface area (Å²) < 4.78 is 24.7. The van der Waals surface area contributed by atoms with Crippen LogP contribution in [0.5, 0.6) is 0 Å². The summed E-state index contributed by atoms with van der Waals surface area (Å²) in [6.45, 7) is 4.22. The summed E-state index contributed by atoms with van der Waals surface area (Å²) in [5.74, 6) is -0.171. The van der Waals surface area contributed by atoms with Gasteiger partial charge in [-0.25, -0.2) is 8.42 Å². The summed E-state index contributed by atoms with van der Waals surface area (Å²) in [4.78, 5) is 16.7. The number of hydrogen-bond donors (Lipinski definition) is 0. The molecule has 3 heterocycles. The van der Waals surface area contributed by atoms with Crippen molar-refractivity contribution in [2.24, 2.45) is 0 Å². The Bertz CT molecular complexity index is 679. The number of nitrogens with zero attached hydrogens (tertiary/aromatic N) is 4. The number of rotatable bonds is 5. The fourth-order valence-electron chi connectivity index (χ4n) is 3.58. The molecule has 0 aliphatic carbocycles. The van der Waals surface area contributed by atoms with Crippen molar-refractivity contribution >= 4 is 15.7 Å². The van der Waals surface area contributed by atoms with E-state index in [0.29, 0.717) is 13.1 Å². The predicted octanol–water partition coefficient (Wildman–Crippen LogP) is 0.687. The highest BCUT2D eigenvalue weighted by Crippen LogP contribution is 2.23. The molecule has 1 saturated heterocycles. The lowest BCUT2D eigenvalue weighted by molar-refractivity contribution is -0.133. The summed E-state index contributed by atoms with van der Waals surface area (Å²) in [5.41, 5.74) is 1.02. The molecule has 0 saturated carbocycles. The van der Waals surface area contributed by atoms with E-state index in [0.717, 1.165) is 25.3 Å². The first-order valence-electron chi connectivity index (χ1n) is 8.62. The molecular weight excluding hydrogens is 328 g/mol. The largest absolute Gasteiger partial charge is 0.335 e. The van der Waals surface area contributed by atoms with E-state index in [1.54, 1.807) is 11.1 Å². The maximum Gasteiger partial charge on any atom is 0.224 e. The first kappa shape index (κ1) is 17.4. The number of sulfone groups is 1. The number of carbonyl (C=O) groups excluding carboxylic acids is 1. The monoisotopic (exact) mass is 354 g/mol. The molecule has 134 valence electrons. The third-order valence-corrected chi connectivity index (χ3v) is 5.78. The standard InChI is InChI=1S/C16H26N4O3S/c1-24(22,23)10-6-16(21)19-12-14-5-7-17-20(14)15(13-19)11-18-8-3-2-4-9-18/h5,7,15H,2-4,6,8-13H2,1H3. The summed E-state index contributed by atoms with van der Waals surface area (Å²) in [5, 5.41) is 4.44. The molecule has 1 aromatic heterocycles. The van der Waals surface area contributed by atoms with Gasteiger partial charge in [-0.15, -0.1) is 0 Å². The Morgan fingerprint density at radius 1 is 1.29 bits per heavy atom. The topological polar surface area (TPSA) is 75.5 Å². The number of likely N-dealkylation sites (tertiary alicyclic amines) is 1. The van der Waals surface area contributed by atoms with Gasteiger partial charge in [-0.2, -0.15) is 5.10 Å². The third-order valence-electron chi connectivity index (χ3n) is 4.84. The van der Waals surface area contributed by atoms with Crippen LogP contribution in [0.25, 0.3) is 0 Å². The molecule has 2 aliphatic rings. The van der Waals surface area contributed by atoms with Crippen LogP contribution in [0.1, 0.15) is 37.4 Å². The average molecular weight is 354 g/mol. The Morgan fingerprint density at radius 3 is 2.75 bits per heavy atom. The molecule has 3 rings (SSSR count). The van der Waals surface area contributed by atoms with Gasteiger partial charge in [-0.1, -0.05) is 6.42 Å². The maximum absolute atomic E-state index is 12.4. The third kappa shape index (κ3) is 4.36. The van der Waals surface area contributed by atoms with Crippen LogP contribution < -0.4 is 0 Å². The lowest BCUT2D eigenvalue weighted by Gasteiger charge is -2.37. The van der Waals surface area contributed by atoms with Gasteiger partial charge in [-0.05, 0) is 32.0 Å². The zero-order chi connectivity index (χ0) is 17.2. The lowest BCUT2D eigenvalue weighted by Crippen LogP contribution is -2.46. The molecule has 0 N–H and O–H groups in total. The van der Waals surface area contributed by atoms with E-state index in [1.807, 2.05) is 10.7 Å². The number of amides is 1. The molecule has 24 heavy (non-hydrogen) atoms. The summed E-state index contributed by atoms with van der Waals surface area (Å²) in [6.07, 6.45) is 6.77.